The van der Waals surface area contributed by atoms with E-state index in [9.17, 15) is 9.59 Å². The molecule has 0 spiro atoms. The molecule has 1 amide bonds. The van der Waals surface area contributed by atoms with E-state index >= 15 is 0 Å². The molecule has 90 valence electrons. The number of nitrogens with zero attached hydrogens (tertiary/aromatic N) is 2. The van der Waals surface area contributed by atoms with Crippen molar-refractivity contribution >= 4 is 17.7 Å². The highest BCUT2D eigenvalue weighted by atomic mass is 16.5. The summed E-state index contributed by atoms with van der Waals surface area (Å²) in [5.41, 5.74) is 0.152. The molecule has 1 unspecified atom stereocenters. The molecule has 1 aromatic rings. The molecule has 1 atom stereocenters. The van der Waals surface area contributed by atoms with Crippen LogP contribution < -0.4 is 10.6 Å². The number of nitrogens with one attached hydrogen (secondary N) is 2. The Morgan fingerprint density at radius 2 is 2.35 bits per heavy atom. The van der Waals surface area contributed by atoms with E-state index < -0.39 is 5.97 Å². The van der Waals surface area contributed by atoms with Crippen LogP contribution in [0.4, 0.5) is 5.82 Å². The summed E-state index contributed by atoms with van der Waals surface area (Å²) < 4.78 is 4.51. The lowest BCUT2D eigenvalue weighted by Gasteiger charge is -2.09. The van der Waals surface area contributed by atoms with Crippen LogP contribution in [0.5, 0.6) is 0 Å². The summed E-state index contributed by atoms with van der Waals surface area (Å²) in [6.07, 6.45) is 0.417. The second-order valence-electron chi connectivity index (χ2n) is 3.64. The minimum Gasteiger partial charge on any atom is -0.464 e. The van der Waals surface area contributed by atoms with E-state index in [0.29, 0.717) is 18.8 Å². The fourth-order valence-corrected chi connectivity index (χ4v) is 1.54. The molecule has 1 fully saturated rings. The van der Waals surface area contributed by atoms with Gasteiger partial charge in [0, 0.05) is 13.0 Å². The molecule has 7 heteroatoms. The van der Waals surface area contributed by atoms with E-state index in [2.05, 4.69) is 25.6 Å². The molecule has 0 radical (unpaired) electrons. The topological polar surface area (TPSA) is 93.2 Å². The van der Waals surface area contributed by atoms with Gasteiger partial charge in [-0.05, 0) is 12.1 Å². The van der Waals surface area contributed by atoms with Gasteiger partial charge in [-0.15, -0.1) is 10.2 Å². The highest BCUT2D eigenvalue weighted by Gasteiger charge is 2.21. The third-order valence-electron chi connectivity index (χ3n) is 2.39. The maximum absolute atomic E-state index is 11.1. The summed E-state index contributed by atoms with van der Waals surface area (Å²) in [6, 6.07) is 3.16. The zero-order valence-electron chi connectivity index (χ0n) is 9.27. The van der Waals surface area contributed by atoms with Gasteiger partial charge >= 0.3 is 5.97 Å². The third-order valence-corrected chi connectivity index (χ3v) is 2.39. The molecule has 0 aromatic carbocycles. The van der Waals surface area contributed by atoms with Crippen molar-refractivity contribution in [3.63, 3.8) is 0 Å². The van der Waals surface area contributed by atoms with Crippen molar-refractivity contribution in [1.82, 2.24) is 15.5 Å². The number of hydrogen-bond donors (Lipinski definition) is 2. The van der Waals surface area contributed by atoms with Crippen molar-refractivity contribution in [2.75, 3.05) is 19.0 Å². The molecule has 2 N–H and O–H groups in total. The van der Waals surface area contributed by atoms with Gasteiger partial charge in [0.1, 0.15) is 5.82 Å². The van der Waals surface area contributed by atoms with Gasteiger partial charge in [0.2, 0.25) is 5.91 Å². The number of amides is 1. The zero-order valence-corrected chi connectivity index (χ0v) is 9.27. The Bertz CT molecular complexity index is 432. The van der Waals surface area contributed by atoms with E-state index in [1.807, 2.05) is 0 Å². The van der Waals surface area contributed by atoms with Crippen LogP contribution in [0.2, 0.25) is 0 Å². The van der Waals surface area contributed by atoms with Gasteiger partial charge < -0.3 is 15.4 Å². The molecule has 1 aliphatic rings. The summed E-state index contributed by atoms with van der Waals surface area (Å²) in [7, 11) is 1.28. The van der Waals surface area contributed by atoms with Gasteiger partial charge in [-0.3, -0.25) is 4.79 Å². The van der Waals surface area contributed by atoms with Gasteiger partial charge in [0.05, 0.1) is 13.2 Å². The maximum Gasteiger partial charge on any atom is 0.358 e. The number of carbonyl (C=O) groups excluding carboxylic acids is 2. The van der Waals surface area contributed by atoms with Crippen LogP contribution in [-0.2, 0) is 9.53 Å². The lowest BCUT2D eigenvalue weighted by atomic mass is 10.2. The van der Waals surface area contributed by atoms with E-state index in [0.717, 1.165) is 0 Å². The van der Waals surface area contributed by atoms with Gasteiger partial charge in [-0.25, -0.2) is 4.79 Å². The van der Waals surface area contributed by atoms with Crippen molar-refractivity contribution in [3.05, 3.63) is 17.8 Å². The van der Waals surface area contributed by atoms with Crippen LogP contribution in [0.25, 0.3) is 0 Å². The normalized spacial score (nSPS) is 18.6. The number of anilines is 1. The molecule has 1 aliphatic heterocycles. The quantitative estimate of drug-likeness (QED) is 0.691. The SMILES string of the molecule is COC(=O)c1ccc(NC2CNC(=O)C2)nn1. The lowest BCUT2D eigenvalue weighted by Crippen LogP contribution is -2.23. The number of hydrogen-bond acceptors (Lipinski definition) is 6. The van der Waals surface area contributed by atoms with Crippen molar-refractivity contribution in [3.8, 4) is 0 Å². The highest BCUT2D eigenvalue weighted by Crippen LogP contribution is 2.09. The van der Waals surface area contributed by atoms with Crippen LogP contribution in [0.1, 0.15) is 16.9 Å². The summed E-state index contributed by atoms with van der Waals surface area (Å²) in [5, 5.41) is 13.3. The van der Waals surface area contributed by atoms with Crippen molar-refractivity contribution in [2.45, 2.75) is 12.5 Å². The van der Waals surface area contributed by atoms with E-state index in [1.165, 1.54) is 13.2 Å². The number of esters is 1. The number of methoxy groups -OCH3 is 1. The monoisotopic (exact) mass is 236 g/mol. The Kier molecular flexibility index (Phi) is 3.17. The average molecular weight is 236 g/mol. The molecular weight excluding hydrogens is 224 g/mol. The summed E-state index contributed by atoms with van der Waals surface area (Å²) in [4.78, 5) is 22.1. The van der Waals surface area contributed by atoms with E-state index in [-0.39, 0.29) is 17.6 Å². The summed E-state index contributed by atoms with van der Waals surface area (Å²) >= 11 is 0. The van der Waals surface area contributed by atoms with Crippen LogP contribution in [-0.4, -0.2) is 41.8 Å². The Balaban J connectivity index is 1.98. The van der Waals surface area contributed by atoms with Crippen molar-refractivity contribution < 1.29 is 14.3 Å². The fourth-order valence-electron chi connectivity index (χ4n) is 1.54. The summed E-state index contributed by atoms with van der Waals surface area (Å²) in [6.45, 7) is 0.569. The molecule has 17 heavy (non-hydrogen) atoms. The predicted octanol–water partition coefficient (Wildman–Crippen LogP) is -0.436. The Labute approximate surface area is 97.6 Å². The van der Waals surface area contributed by atoms with Crippen LogP contribution >= 0.6 is 0 Å². The first-order chi connectivity index (χ1) is 8.19. The molecule has 0 saturated carbocycles. The standard InChI is InChI=1S/C10H12N4O3/c1-17-10(16)7-2-3-8(14-13-7)12-6-4-9(15)11-5-6/h2-3,6H,4-5H2,1H3,(H,11,15)(H,12,14). The molecule has 2 heterocycles. The van der Waals surface area contributed by atoms with Crippen molar-refractivity contribution in [1.29, 1.82) is 0 Å². The molecule has 0 bridgehead atoms. The van der Waals surface area contributed by atoms with Gasteiger partial charge in [-0.2, -0.15) is 0 Å². The van der Waals surface area contributed by atoms with Gasteiger partial charge in [-0.1, -0.05) is 0 Å². The Morgan fingerprint density at radius 3 is 2.88 bits per heavy atom. The fraction of sp³-hybridized carbons (Fsp3) is 0.400. The first kappa shape index (κ1) is 11.3. The van der Waals surface area contributed by atoms with Crippen LogP contribution in [0.15, 0.2) is 12.1 Å². The first-order valence-corrected chi connectivity index (χ1v) is 5.14. The molecule has 2 rings (SSSR count). The van der Waals surface area contributed by atoms with Crippen LogP contribution in [0, 0.1) is 0 Å². The first-order valence-electron chi connectivity index (χ1n) is 5.14. The number of rotatable bonds is 3. The second-order valence-corrected chi connectivity index (χ2v) is 3.64. The highest BCUT2D eigenvalue weighted by molar-refractivity contribution is 5.87. The van der Waals surface area contributed by atoms with E-state index in [1.54, 1.807) is 6.07 Å². The molecule has 0 aliphatic carbocycles. The van der Waals surface area contributed by atoms with Gasteiger partial charge in [0.25, 0.3) is 0 Å². The molecule has 1 saturated heterocycles. The van der Waals surface area contributed by atoms with Gasteiger partial charge in [0.15, 0.2) is 5.69 Å². The van der Waals surface area contributed by atoms with Crippen LogP contribution in [0.3, 0.4) is 0 Å². The predicted molar refractivity (Wildman–Crippen MR) is 58.4 cm³/mol. The third kappa shape index (κ3) is 2.68. The van der Waals surface area contributed by atoms with Crippen molar-refractivity contribution in [2.24, 2.45) is 0 Å². The minimum absolute atomic E-state index is 0.0146. The average Bonchev–Trinajstić information content (AvgIpc) is 2.75. The van der Waals surface area contributed by atoms with E-state index in [4.69, 9.17) is 0 Å². The largest absolute Gasteiger partial charge is 0.464 e. The Hall–Kier alpha value is -2.18. The smallest absolute Gasteiger partial charge is 0.358 e. The Morgan fingerprint density at radius 1 is 1.53 bits per heavy atom. The zero-order chi connectivity index (χ0) is 12.3. The maximum atomic E-state index is 11.1. The number of aromatic nitrogens is 2. The number of carbonyl (C=O) groups is 2. The summed E-state index contributed by atoms with van der Waals surface area (Å²) in [5.74, 6) is 0.0163. The number of ether oxygens (including phenoxy) is 1. The molecule has 7 nitrogen and oxygen atoms in total. The molecule has 1 aromatic heterocycles. The minimum atomic E-state index is -0.526. The second kappa shape index (κ2) is 4.77. The lowest BCUT2D eigenvalue weighted by molar-refractivity contribution is -0.119. The molecular formula is C10H12N4O3.